The first-order valence-electron chi connectivity index (χ1n) is 5.95. The van der Waals surface area contributed by atoms with E-state index in [1.54, 1.807) is 13.2 Å². The quantitative estimate of drug-likeness (QED) is 0.744. The van der Waals surface area contributed by atoms with Crippen molar-refractivity contribution in [2.75, 3.05) is 40.4 Å². The summed E-state index contributed by atoms with van der Waals surface area (Å²) in [6.45, 7) is 4.27. The summed E-state index contributed by atoms with van der Waals surface area (Å²) < 4.78 is 18.7. The Morgan fingerprint density at radius 3 is 2.83 bits per heavy atom. The van der Waals surface area contributed by atoms with Crippen molar-refractivity contribution in [3.05, 3.63) is 34.1 Å². The number of benzene rings is 1. The van der Waals surface area contributed by atoms with Crippen LogP contribution in [0.2, 0.25) is 0 Å². The maximum Gasteiger partial charge on any atom is 0.124 e. The predicted molar refractivity (Wildman–Crippen MR) is 75.2 cm³/mol. The zero-order chi connectivity index (χ0) is 13.4. The van der Waals surface area contributed by atoms with Crippen LogP contribution in [0.3, 0.4) is 0 Å². The first-order valence-corrected chi connectivity index (χ1v) is 6.75. The van der Waals surface area contributed by atoms with Crippen molar-refractivity contribution in [3.8, 4) is 0 Å². The van der Waals surface area contributed by atoms with E-state index in [2.05, 4.69) is 33.2 Å². The standard InChI is InChI=1S/C13H20BrFN2O/c1-17(7-8-18-2)6-5-16-10-11-3-4-12(15)9-13(11)14/h3-4,9,16H,5-8,10H2,1-2H3. The molecule has 0 radical (unpaired) electrons. The molecule has 0 aromatic heterocycles. The first-order chi connectivity index (χ1) is 8.63. The monoisotopic (exact) mass is 318 g/mol. The van der Waals surface area contributed by atoms with Crippen LogP contribution in [-0.4, -0.2) is 45.3 Å². The van der Waals surface area contributed by atoms with E-state index in [1.807, 2.05) is 0 Å². The molecule has 0 saturated heterocycles. The summed E-state index contributed by atoms with van der Waals surface area (Å²) in [5, 5.41) is 3.33. The third-order valence-corrected chi connectivity index (χ3v) is 3.42. The molecule has 1 aromatic rings. The molecule has 0 heterocycles. The van der Waals surface area contributed by atoms with E-state index in [0.717, 1.165) is 42.8 Å². The smallest absolute Gasteiger partial charge is 0.124 e. The van der Waals surface area contributed by atoms with Gasteiger partial charge in [-0.1, -0.05) is 22.0 Å². The average molecular weight is 319 g/mol. The van der Waals surface area contributed by atoms with Gasteiger partial charge in [0.15, 0.2) is 0 Å². The molecule has 1 N–H and O–H groups in total. The highest BCUT2D eigenvalue weighted by Crippen LogP contribution is 2.17. The lowest BCUT2D eigenvalue weighted by Crippen LogP contribution is -2.31. The van der Waals surface area contributed by atoms with E-state index in [-0.39, 0.29) is 5.82 Å². The highest BCUT2D eigenvalue weighted by molar-refractivity contribution is 9.10. The van der Waals surface area contributed by atoms with Gasteiger partial charge >= 0.3 is 0 Å². The van der Waals surface area contributed by atoms with E-state index in [9.17, 15) is 4.39 Å². The zero-order valence-corrected chi connectivity index (χ0v) is 12.5. The van der Waals surface area contributed by atoms with E-state index in [1.165, 1.54) is 12.1 Å². The number of hydrogen-bond acceptors (Lipinski definition) is 3. The fourth-order valence-corrected chi connectivity index (χ4v) is 2.01. The van der Waals surface area contributed by atoms with Crippen molar-refractivity contribution < 1.29 is 9.13 Å². The summed E-state index contributed by atoms with van der Waals surface area (Å²) in [6.07, 6.45) is 0. The summed E-state index contributed by atoms with van der Waals surface area (Å²) in [5.74, 6) is -0.218. The highest BCUT2D eigenvalue weighted by Gasteiger charge is 2.01. The molecule has 3 nitrogen and oxygen atoms in total. The summed E-state index contributed by atoms with van der Waals surface area (Å²) in [6, 6.07) is 4.76. The van der Waals surface area contributed by atoms with Crippen molar-refractivity contribution in [1.82, 2.24) is 10.2 Å². The molecule has 1 rings (SSSR count). The lowest BCUT2D eigenvalue weighted by Gasteiger charge is -2.16. The molecular formula is C13H20BrFN2O. The fraction of sp³-hybridized carbons (Fsp3) is 0.538. The Bertz CT molecular complexity index is 363. The van der Waals surface area contributed by atoms with Crippen LogP contribution in [0.4, 0.5) is 4.39 Å². The Balaban J connectivity index is 2.21. The summed E-state index contributed by atoms with van der Waals surface area (Å²) >= 11 is 3.36. The molecule has 102 valence electrons. The maximum atomic E-state index is 12.9. The SMILES string of the molecule is COCCN(C)CCNCc1ccc(F)cc1Br. The molecular weight excluding hydrogens is 299 g/mol. The summed E-state index contributed by atoms with van der Waals surface area (Å²) in [7, 11) is 3.77. The molecule has 0 bridgehead atoms. The lowest BCUT2D eigenvalue weighted by molar-refractivity contribution is 0.161. The Kier molecular flexibility index (Phi) is 7.42. The minimum absolute atomic E-state index is 0.218. The molecule has 18 heavy (non-hydrogen) atoms. The number of hydrogen-bond donors (Lipinski definition) is 1. The van der Waals surface area contributed by atoms with Crippen LogP contribution in [0.25, 0.3) is 0 Å². The third kappa shape index (κ3) is 5.91. The van der Waals surface area contributed by atoms with E-state index >= 15 is 0 Å². The van der Waals surface area contributed by atoms with Gasteiger partial charge < -0.3 is 15.0 Å². The molecule has 0 aliphatic rings. The lowest BCUT2D eigenvalue weighted by atomic mass is 10.2. The Labute approximate surface area is 116 Å². The molecule has 0 amide bonds. The van der Waals surface area contributed by atoms with Crippen molar-refractivity contribution >= 4 is 15.9 Å². The second kappa shape index (κ2) is 8.58. The van der Waals surface area contributed by atoms with Gasteiger partial charge in [0.05, 0.1) is 6.61 Å². The van der Waals surface area contributed by atoms with Crippen molar-refractivity contribution in [2.45, 2.75) is 6.54 Å². The van der Waals surface area contributed by atoms with Gasteiger partial charge in [0, 0.05) is 37.8 Å². The van der Waals surface area contributed by atoms with Crippen LogP contribution in [-0.2, 0) is 11.3 Å². The number of nitrogens with one attached hydrogen (secondary N) is 1. The van der Waals surface area contributed by atoms with E-state index in [0.29, 0.717) is 0 Å². The van der Waals surface area contributed by atoms with Gasteiger partial charge in [-0.05, 0) is 24.7 Å². The van der Waals surface area contributed by atoms with Gasteiger partial charge in [0.25, 0.3) is 0 Å². The van der Waals surface area contributed by atoms with Gasteiger partial charge in [0.2, 0.25) is 0 Å². The molecule has 0 aliphatic carbocycles. The first kappa shape index (κ1) is 15.6. The van der Waals surface area contributed by atoms with Gasteiger partial charge in [-0.3, -0.25) is 0 Å². The van der Waals surface area contributed by atoms with Crippen LogP contribution in [0.15, 0.2) is 22.7 Å². The van der Waals surface area contributed by atoms with E-state index < -0.39 is 0 Å². The highest BCUT2D eigenvalue weighted by atomic mass is 79.9. The zero-order valence-electron chi connectivity index (χ0n) is 10.9. The molecule has 5 heteroatoms. The van der Waals surface area contributed by atoms with E-state index in [4.69, 9.17) is 4.74 Å². The molecule has 0 unspecified atom stereocenters. The molecule has 0 spiro atoms. The number of rotatable bonds is 8. The van der Waals surface area contributed by atoms with Crippen molar-refractivity contribution in [1.29, 1.82) is 0 Å². The van der Waals surface area contributed by atoms with Crippen LogP contribution in [0.5, 0.6) is 0 Å². The van der Waals surface area contributed by atoms with Gasteiger partial charge in [-0.15, -0.1) is 0 Å². The number of methoxy groups -OCH3 is 1. The Morgan fingerprint density at radius 1 is 1.39 bits per heavy atom. The van der Waals surface area contributed by atoms with Gasteiger partial charge in [-0.25, -0.2) is 4.39 Å². The molecule has 0 atom stereocenters. The van der Waals surface area contributed by atoms with Crippen LogP contribution in [0.1, 0.15) is 5.56 Å². The number of halogens is 2. The molecule has 0 aliphatic heterocycles. The third-order valence-electron chi connectivity index (χ3n) is 2.68. The molecule has 1 aromatic carbocycles. The minimum atomic E-state index is -0.218. The summed E-state index contributed by atoms with van der Waals surface area (Å²) in [5.41, 5.74) is 1.07. The number of likely N-dealkylation sites (N-methyl/N-ethyl adjacent to an activating group) is 1. The van der Waals surface area contributed by atoms with Crippen LogP contribution < -0.4 is 5.32 Å². The molecule has 0 saturated carbocycles. The van der Waals surface area contributed by atoms with Crippen LogP contribution >= 0.6 is 15.9 Å². The fourth-order valence-electron chi connectivity index (χ4n) is 1.52. The average Bonchev–Trinajstić information content (AvgIpc) is 2.34. The topological polar surface area (TPSA) is 24.5 Å². The Morgan fingerprint density at radius 2 is 2.17 bits per heavy atom. The second-order valence-corrected chi connectivity index (χ2v) is 5.06. The Hall–Kier alpha value is -0.490. The van der Waals surface area contributed by atoms with Crippen molar-refractivity contribution in [3.63, 3.8) is 0 Å². The maximum absolute atomic E-state index is 12.9. The minimum Gasteiger partial charge on any atom is -0.383 e. The number of nitrogens with zero attached hydrogens (tertiary/aromatic N) is 1. The normalized spacial score (nSPS) is 11.2. The largest absolute Gasteiger partial charge is 0.383 e. The number of ether oxygens (including phenoxy) is 1. The van der Waals surface area contributed by atoms with Crippen molar-refractivity contribution in [2.24, 2.45) is 0 Å². The van der Waals surface area contributed by atoms with Crippen LogP contribution in [0, 0.1) is 5.82 Å². The van der Waals surface area contributed by atoms with Gasteiger partial charge in [0.1, 0.15) is 5.82 Å². The van der Waals surface area contributed by atoms with Gasteiger partial charge in [-0.2, -0.15) is 0 Å². The summed E-state index contributed by atoms with van der Waals surface area (Å²) in [4.78, 5) is 2.20. The molecule has 0 fully saturated rings. The predicted octanol–water partition coefficient (Wildman–Crippen LogP) is 2.26. The second-order valence-electron chi connectivity index (χ2n) is 4.21.